The molecule has 0 bridgehead atoms. The highest BCUT2D eigenvalue weighted by Crippen LogP contribution is 2.23. The van der Waals surface area contributed by atoms with Crippen LogP contribution in [0.2, 0.25) is 0 Å². The topological polar surface area (TPSA) is 76.5 Å². The molecule has 2 aromatic carbocycles. The van der Waals surface area contributed by atoms with E-state index in [1.54, 1.807) is 19.2 Å². The van der Waals surface area contributed by atoms with Crippen LogP contribution in [0.4, 0.5) is 0 Å². The second kappa shape index (κ2) is 8.56. The van der Waals surface area contributed by atoms with Crippen molar-refractivity contribution in [1.82, 2.24) is 10.3 Å². The van der Waals surface area contributed by atoms with Gasteiger partial charge in [-0.15, -0.1) is 0 Å². The number of ether oxygens (including phenoxy) is 2. The Morgan fingerprint density at radius 1 is 1.07 bits per heavy atom. The van der Waals surface area contributed by atoms with Crippen molar-refractivity contribution in [3.8, 4) is 11.5 Å². The minimum Gasteiger partial charge on any atom is -0.497 e. The summed E-state index contributed by atoms with van der Waals surface area (Å²) in [5.74, 6) is 2.21. The number of amides is 1. The lowest BCUT2D eigenvalue weighted by Gasteiger charge is -2.04. The number of benzene rings is 2. The van der Waals surface area contributed by atoms with Gasteiger partial charge in [0.15, 0.2) is 5.76 Å². The van der Waals surface area contributed by atoms with Crippen molar-refractivity contribution in [2.45, 2.75) is 13.0 Å². The second-order valence-corrected chi connectivity index (χ2v) is 6.60. The zero-order valence-electron chi connectivity index (χ0n) is 16.1. The van der Waals surface area contributed by atoms with Crippen molar-refractivity contribution in [1.29, 1.82) is 0 Å². The zero-order chi connectivity index (χ0) is 20.1. The Morgan fingerprint density at radius 3 is 2.76 bits per heavy atom. The summed E-state index contributed by atoms with van der Waals surface area (Å²) in [6.45, 7) is 0.782. The fourth-order valence-electron chi connectivity index (χ4n) is 3.15. The van der Waals surface area contributed by atoms with Gasteiger partial charge in [0.2, 0.25) is 0 Å². The van der Waals surface area contributed by atoms with Crippen LogP contribution in [0, 0.1) is 0 Å². The first kappa shape index (κ1) is 18.7. The highest BCUT2D eigenvalue weighted by molar-refractivity contribution is 5.91. The summed E-state index contributed by atoms with van der Waals surface area (Å²) < 4.78 is 16.5. The molecular weight excluding hydrogens is 368 g/mol. The minimum absolute atomic E-state index is 0.238. The van der Waals surface area contributed by atoms with E-state index in [0.29, 0.717) is 18.7 Å². The first-order chi connectivity index (χ1) is 14.2. The molecule has 0 saturated carbocycles. The molecule has 0 saturated heterocycles. The molecule has 4 aromatic rings. The number of furan rings is 1. The maximum Gasteiger partial charge on any atom is 0.287 e. The summed E-state index contributed by atoms with van der Waals surface area (Å²) >= 11 is 0. The molecule has 1 amide bonds. The van der Waals surface area contributed by atoms with Gasteiger partial charge in [-0.05, 0) is 48.4 Å². The van der Waals surface area contributed by atoms with Crippen LogP contribution in [0.1, 0.15) is 21.9 Å². The van der Waals surface area contributed by atoms with Crippen LogP contribution in [-0.2, 0) is 13.0 Å². The molecule has 0 fully saturated rings. The molecule has 2 N–H and O–H groups in total. The van der Waals surface area contributed by atoms with Gasteiger partial charge >= 0.3 is 0 Å². The third kappa shape index (κ3) is 4.43. The Labute approximate surface area is 168 Å². The summed E-state index contributed by atoms with van der Waals surface area (Å²) in [5.41, 5.74) is 2.15. The van der Waals surface area contributed by atoms with E-state index in [0.717, 1.165) is 28.0 Å². The SMILES string of the molecule is COc1ccc2c(CCNC(=O)c3ccc(COc4ccccc4)o3)c[nH]c2c1. The van der Waals surface area contributed by atoms with Gasteiger partial charge in [-0.25, -0.2) is 0 Å². The molecular formula is C23H22N2O4. The van der Waals surface area contributed by atoms with E-state index in [1.165, 1.54) is 0 Å². The number of hydrogen-bond acceptors (Lipinski definition) is 4. The highest BCUT2D eigenvalue weighted by atomic mass is 16.5. The highest BCUT2D eigenvalue weighted by Gasteiger charge is 2.12. The van der Waals surface area contributed by atoms with Crippen molar-refractivity contribution >= 4 is 16.8 Å². The number of hydrogen-bond donors (Lipinski definition) is 2. The number of nitrogens with one attached hydrogen (secondary N) is 2. The number of carbonyl (C=O) groups is 1. The molecule has 4 rings (SSSR count). The van der Waals surface area contributed by atoms with E-state index in [4.69, 9.17) is 13.9 Å². The second-order valence-electron chi connectivity index (χ2n) is 6.60. The number of aromatic amines is 1. The summed E-state index contributed by atoms with van der Waals surface area (Å²) in [6.07, 6.45) is 2.67. The molecule has 0 aliphatic rings. The molecule has 6 nitrogen and oxygen atoms in total. The van der Waals surface area contributed by atoms with Crippen LogP contribution in [0.15, 0.2) is 71.3 Å². The Balaban J connectivity index is 1.29. The fraction of sp³-hybridized carbons (Fsp3) is 0.174. The smallest absolute Gasteiger partial charge is 0.287 e. The Bertz CT molecular complexity index is 1100. The monoisotopic (exact) mass is 390 g/mol. The molecule has 148 valence electrons. The predicted molar refractivity (Wildman–Crippen MR) is 110 cm³/mol. The van der Waals surface area contributed by atoms with Crippen LogP contribution in [0.25, 0.3) is 10.9 Å². The lowest BCUT2D eigenvalue weighted by Crippen LogP contribution is -2.25. The van der Waals surface area contributed by atoms with Gasteiger partial charge < -0.3 is 24.2 Å². The normalized spacial score (nSPS) is 10.8. The van der Waals surface area contributed by atoms with Gasteiger partial charge in [0, 0.05) is 29.7 Å². The number of H-pyrrole nitrogens is 1. The molecule has 0 spiro atoms. The third-order valence-electron chi connectivity index (χ3n) is 4.66. The molecule has 0 atom stereocenters. The first-order valence-corrected chi connectivity index (χ1v) is 9.41. The molecule has 0 unspecified atom stereocenters. The van der Waals surface area contributed by atoms with Crippen LogP contribution in [-0.4, -0.2) is 24.5 Å². The summed E-state index contributed by atoms with van der Waals surface area (Å²) in [6, 6.07) is 18.8. The molecule has 2 heterocycles. The number of rotatable bonds is 8. The van der Waals surface area contributed by atoms with Gasteiger partial charge in [0.25, 0.3) is 5.91 Å². The van der Waals surface area contributed by atoms with Gasteiger partial charge in [-0.1, -0.05) is 18.2 Å². The van der Waals surface area contributed by atoms with Crippen molar-refractivity contribution in [2.24, 2.45) is 0 Å². The van der Waals surface area contributed by atoms with E-state index in [2.05, 4.69) is 10.3 Å². The average molecular weight is 390 g/mol. The van der Waals surface area contributed by atoms with Crippen molar-refractivity contribution < 1.29 is 18.7 Å². The van der Waals surface area contributed by atoms with Crippen LogP contribution < -0.4 is 14.8 Å². The van der Waals surface area contributed by atoms with Crippen LogP contribution >= 0.6 is 0 Å². The van der Waals surface area contributed by atoms with Gasteiger partial charge in [-0.3, -0.25) is 4.79 Å². The number of carbonyl (C=O) groups excluding carboxylic acids is 1. The van der Waals surface area contributed by atoms with Crippen molar-refractivity contribution in [3.63, 3.8) is 0 Å². The summed E-state index contributed by atoms with van der Waals surface area (Å²) in [7, 11) is 1.65. The summed E-state index contributed by atoms with van der Waals surface area (Å²) in [4.78, 5) is 15.6. The third-order valence-corrected chi connectivity index (χ3v) is 4.66. The minimum atomic E-state index is -0.238. The maximum absolute atomic E-state index is 12.3. The molecule has 0 radical (unpaired) electrons. The number of fused-ring (bicyclic) bond motifs is 1. The maximum atomic E-state index is 12.3. The predicted octanol–water partition coefficient (Wildman–Crippen LogP) is 4.32. The van der Waals surface area contributed by atoms with Crippen molar-refractivity contribution in [3.05, 3.63) is 83.9 Å². The Kier molecular flexibility index (Phi) is 5.52. The first-order valence-electron chi connectivity index (χ1n) is 9.41. The van der Waals surface area contributed by atoms with E-state index in [-0.39, 0.29) is 18.3 Å². The van der Waals surface area contributed by atoms with Crippen LogP contribution in [0.5, 0.6) is 11.5 Å². The lowest BCUT2D eigenvalue weighted by molar-refractivity contribution is 0.0922. The fourth-order valence-corrected chi connectivity index (χ4v) is 3.15. The van der Waals surface area contributed by atoms with E-state index >= 15 is 0 Å². The van der Waals surface area contributed by atoms with Gasteiger partial charge in [-0.2, -0.15) is 0 Å². The standard InChI is InChI=1S/C23H22N2O4/c1-27-18-7-9-20-16(14-25-21(20)13-18)11-12-24-23(26)22-10-8-19(29-22)15-28-17-5-3-2-4-6-17/h2-10,13-14,25H,11-12,15H2,1H3,(H,24,26). The van der Waals surface area contributed by atoms with Gasteiger partial charge in [0.1, 0.15) is 23.9 Å². The van der Waals surface area contributed by atoms with E-state index in [1.807, 2.05) is 54.7 Å². The lowest BCUT2D eigenvalue weighted by atomic mass is 10.1. The quantitative estimate of drug-likeness (QED) is 0.470. The number of para-hydroxylation sites is 1. The van der Waals surface area contributed by atoms with Crippen molar-refractivity contribution in [2.75, 3.05) is 13.7 Å². The van der Waals surface area contributed by atoms with Gasteiger partial charge in [0.05, 0.1) is 7.11 Å². The number of methoxy groups -OCH3 is 1. The molecule has 0 aliphatic heterocycles. The van der Waals surface area contributed by atoms with Crippen LogP contribution in [0.3, 0.4) is 0 Å². The summed E-state index contributed by atoms with van der Waals surface area (Å²) in [5, 5.41) is 4.02. The Morgan fingerprint density at radius 2 is 1.93 bits per heavy atom. The molecule has 29 heavy (non-hydrogen) atoms. The zero-order valence-corrected chi connectivity index (χ0v) is 16.1. The molecule has 0 aliphatic carbocycles. The average Bonchev–Trinajstić information content (AvgIpc) is 3.40. The van der Waals surface area contributed by atoms with E-state index in [9.17, 15) is 4.79 Å². The largest absolute Gasteiger partial charge is 0.497 e. The Hall–Kier alpha value is -3.67. The molecule has 2 aromatic heterocycles. The molecule has 6 heteroatoms. The van der Waals surface area contributed by atoms with E-state index < -0.39 is 0 Å². The number of aromatic nitrogens is 1.